The van der Waals surface area contributed by atoms with Gasteiger partial charge < -0.3 is 9.47 Å². The van der Waals surface area contributed by atoms with Crippen molar-refractivity contribution in [2.45, 2.75) is 28.7 Å². The van der Waals surface area contributed by atoms with E-state index in [2.05, 4.69) is 22.5 Å². The SMILES string of the molecule is C=CC(=O)OCCCC(=O)OC(CSc1ccccc1)CSc1ccc(Br)cc1. The highest BCUT2D eigenvalue weighted by Gasteiger charge is 2.16. The normalized spacial score (nSPS) is 11.5. The van der Waals surface area contributed by atoms with Gasteiger partial charge in [0, 0.05) is 38.3 Å². The molecule has 0 aliphatic carbocycles. The van der Waals surface area contributed by atoms with E-state index in [1.54, 1.807) is 23.5 Å². The first-order valence-electron chi connectivity index (χ1n) is 9.11. The van der Waals surface area contributed by atoms with E-state index >= 15 is 0 Å². The van der Waals surface area contributed by atoms with Gasteiger partial charge in [-0.15, -0.1) is 23.5 Å². The van der Waals surface area contributed by atoms with Crippen molar-refractivity contribution in [3.63, 3.8) is 0 Å². The van der Waals surface area contributed by atoms with Crippen molar-refractivity contribution in [1.29, 1.82) is 0 Å². The van der Waals surface area contributed by atoms with Crippen LogP contribution in [0, 0.1) is 0 Å². The quantitative estimate of drug-likeness (QED) is 0.162. The maximum absolute atomic E-state index is 12.2. The number of ether oxygens (including phenoxy) is 2. The van der Waals surface area contributed by atoms with Gasteiger partial charge in [-0.25, -0.2) is 4.79 Å². The number of carbonyl (C=O) groups excluding carboxylic acids is 2. The smallest absolute Gasteiger partial charge is 0.330 e. The largest absolute Gasteiger partial charge is 0.463 e. The zero-order valence-electron chi connectivity index (χ0n) is 15.9. The number of thioether (sulfide) groups is 2. The highest BCUT2D eigenvalue weighted by Crippen LogP contribution is 2.25. The van der Waals surface area contributed by atoms with E-state index in [4.69, 9.17) is 9.47 Å². The lowest BCUT2D eigenvalue weighted by Gasteiger charge is -2.18. The molecule has 7 heteroatoms. The summed E-state index contributed by atoms with van der Waals surface area (Å²) < 4.78 is 11.6. The molecule has 0 aliphatic rings. The van der Waals surface area contributed by atoms with Gasteiger partial charge in [0.2, 0.25) is 0 Å². The summed E-state index contributed by atoms with van der Waals surface area (Å²) in [6.07, 6.45) is 1.52. The Balaban J connectivity index is 1.84. The first-order chi connectivity index (χ1) is 14.1. The summed E-state index contributed by atoms with van der Waals surface area (Å²) in [5.74, 6) is 0.569. The molecule has 0 bridgehead atoms. The molecule has 2 aromatic carbocycles. The Bertz CT molecular complexity index is 781. The molecule has 0 heterocycles. The molecule has 2 aromatic rings. The number of carbonyl (C=O) groups is 2. The number of hydrogen-bond acceptors (Lipinski definition) is 6. The molecule has 2 rings (SSSR count). The van der Waals surface area contributed by atoms with Crippen LogP contribution < -0.4 is 0 Å². The van der Waals surface area contributed by atoms with E-state index in [1.807, 2.05) is 54.6 Å². The molecule has 0 spiro atoms. The summed E-state index contributed by atoms with van der Waals surface area (Å²) in [7, 11) is 0. The summed E-state index contributed by atoms with van der Waals surface area (Å²) in [4.78, 5) is 25.5. The summed E-state index contributed by atoms with van der Waals surface area (Å²) in [6, 6.07) is 18.1. The van der Waals surface area contributed by atoms with Crippen molar-refractivity contribution in [3.8, 4) is 0 Å². The third-order valence-corrected chi connectivity index (χ3v) is 6.48. The van der Waals surface area contributed by atoms with Crippen molar-refractivity contribution in [2.75, 3.05) is 18.1 Å². The minimum atomic E-state index is -0.485. The maximum Gasteiger partial charge on any atom is 0.330 e. The van der Waals surface area contributed by atoms with Crippen molar-refractivity contribution in [2.24, 2.45) is 0 Å². The number of benzene rings is 2. The van der Waals surface area contributed by atoms with E-state index in [0.29, 0.717) is 17.9 Å². The van der Waals surface area contributed by atoms with E-state index in [1.165, 1.54) is 0 Å². The second-order valence-corrected chi connectivity index (χ2v) is 9.08. The van der Waals surface area contributed by atoms with Gasteiger partial charge in [-0.2, -0.15) is 0 Å². The topological polar surface area (TPSA) is 52.6 Å². The van der Waals surface area contributed by atoms with Crippen LogP contribution in [-0.4, -0.2) is 36.2 Å². The molecule has 0 amide bonds. The Labute approximate surface area is 188 Å². The molecule has 0 saturated heterocycles. The van der Waals surface area contributed by atoms with E-state index in [0.717, 1.165) is 20.3 Å². The van der Waals surface area contributed by atoms with Crippen LogP contribution >= 0.6 is 39.5 Å². The zero-order chi connectivity index (χ0) is 20.9. The highest BCUT2D eigenvalue weighted by atomic mass is 79.9. The molecule has 1 atom stereocenters. The fourth-order valence-electron chi connectivity index (χ4n) is 2.24. The average molecular weight is 495 g/mol. The molecule has 0 fully saturated rings. The van der Waals surface area contributed by atoms with Crippen LogP contribution in [0.15, 0.2) is 81.5 Å². The fraction of sp³-hybridized carbons (Fsp3) is 0.273. The van der Waals surface area contributed by atoms with Gasteiger partial charge in [-0.05, 0) is 42.8 Å². The van der Waals surface area contributed by atoms with Crippen LogP contribution in [0.3, 0.4) is 0 Å². The third kappa shape index (κ3) is 10.1. The molecular weight excluding hydrogens is 472 g/mol. The van der Waals surface area contributed by atoms with Crippen LogP contribution in [0.1, 0.15) is 12.8 Å². The van der Waals surface area contributed by atoms with Gasteiger partial charge in [0.05, 0.1) is 6.61 Å². The Morgan fingerprint density at radius 3 is 2.24 bits per heavy atom. The van der Waals surface area contributed by atoms with Crippen LogP contribution in [0.4, 0.5) is 0 Å². The molecule has 0 radical (unpaired) electrons. The standard InChI is InChI=1S/C22H23BrO4S2/c1-2-21(24)26-14-6-9-22(25)27-18(15-28-19-7-4-3-5-8-19)16-29-20-12-10-17(23)11-13-20/h2-5,7-8,10-13,18H,1,6,9,14-16H2. The fourth-order valence-corrected chi connectivity index (χ4v) is 4.46. The molecule has 154 valence electrons. The number of esters is 2. The van der Waals surface area contributed by atoms with E-state index in [9.17, 15) is 9.59 Å². The molecule has 1 unspecified atom stereocenters. The van der Waals surface area contributed by atoms with Crippen molar-refractivity contribution >= 4 is 51.4 Å². The van der Waals surface area contributed by atoms with Crippen LogP contribution in [0.25, 0.3) is 0 Å². The molecule has 0 aromatic heterocycles. The van der Waals surface area contributed by atoms with Gasteiger partial charge in [-0.1, -0.05) is 40.7 Å². The summed E-state index contributed by atoms with van der Waals surface area (Å²) in [6.45, 7) is 3.51. The Morgan fingerprint density at radius 2 is 1.62 bits per heavy atom. The van der Waals surface area contributed by atoms with Crippen molar-refractivity contribution < 1.29 is 19.1 Å². The van der Waals surface area contributed by atoms with Gasteiger partial charge in [0.25, 0.3) is 0 Å². The van der Waals surface area contributed by atoms with Gasteiger partial charge in [-0.3, -0.25) is 4.79 Å². The Morgan fingerprint density at radius 1 is 1.00 bits per heavy atom. The van der Waals surface area contributed by atoms with Crippen LogP contribution in [0.5, 0.6) is 0 Å². The first-order valence-corrected chi connectivity index (χ1v) is 11.9. The second kappa shape index (κ2) is 13.5. The minimum Gasteiger partial charge on any atom is -0.463 e. The number of hydrogen-bond donors (Lipinski definition) is 0. The second-order valence-electron chi connectivity index (χ2n) is 5.98. The van der Waals surface area contributed by atoms with E-state index < -0.39 is 5.97 Å². The summed E-state index contributed by atoms with van der Waals surface area (Å²) in [5, 5.41) is 0. The average Bonchev–Trinajstić information content (AvgIpc) is 2.74. The maximum atomic E-state index is 12.2. The summed E-state index contributed by atoms with van der Waals surface area (Å²) in [5.41, 5.74) is 0. The van der Waals surface area contributed by atoms with E-state index in [-0.39, 0.29) is 25.1 Å². The Kier molecular flexibility index (Phi) is 11.0. The van der Waals surface area contributed by atoms with Gasteiger partial charge in [0.1, 0.15) is 6.10 Å². The van der Waals surface area contributed by atoms with Crippen molar-refractivity contribution in [1.82, 2.24) is 0 Å². The van der Waals surface area contributed by atoms with Crippen molar-refractivity contribution in [3.05, 3.63) is 71.7 Å². The van der Waals surface area contributed by atoms with Crippen LogP contribution in [0.2, 0.25) is 0 Å². The molecule has 0 N–H and O–H groups in total. The predicted molar refractivity (Wildman–Crippen MR) is 122 cm³/mol. The molecular formula is C22H23BrO4S2. The Hall–Kier alpha value is -1.70. The minimum absolute atomic E-state index is 0.178. The lowest BCUT2D eigenvalue weighted by molar-refractivity contribution is -0.148. The highest BCUT2D eigenvalue weighted by molar-refractivity contribution is 9.10. The number of halogens is 1. The zero-order valence-corrected chi connectivity index (χ0v) is 19.1. The monoisotopic (exact) mass is 494 g/mol. The third-order valence-electron chi connectivity index (χ3n) is 3.66. The first kappa shape index (κ1) is 23.6. The number of rotatable bonds is 12. The molecule has 4 nitrogen and oxygen atoms in total. The summed E-state index contributed by atoms with van der Waals surface area (Å²) >= 11 is 6.76. The molecule has 29 heavy (non-hydrogen) atoms. The molecule has 0 aliphatic heterocycles. The lowest BCUT2D eigenvalue weighted by atomic mass is 10.3. The molecule has 0 saturated carbocycles. The lowest BCUT2D eigenvalue weighted by Crippen LogP contribution is -2.23. The van der Waals surface area contributed by atoms with Gasteiger partial charge >= 0.3 is 11.9 Å². The van der Waals surface area contributed by atoms with Crippen LogP contribution in [-0.2, 0) is 19.1 Å². The van der Waals surface area contributed by atoms with Gasteiger partial charge in [0.15, 0.2) is 0 Å². The predicted octanol–water partition coefficient (Wildman–Crippen LogP) is 5.75.